The van der Waals surface area contributed by atoms with E-state index >= 15 is 0 Å². The number of piperidine rings is 1. The number of carbonyl (C=O) groups is 2. The molecule has 116 valence electrons. The van der Waals surface area contributed by atoms with E-state index in [0.717, 1.165) is 0 Å². The van der Waals surface area contributed by atoms with Gasteiger partial charge in [-0.25, -0.2) is 4.79 Å². The molecule has 0 N–H and O–H groups in total. The third-order valence-corrected chi connectivity index (χ3v) is 3.86. The average Bonchev–Trinajstić information content (AvgIpc) is 2.35. The lowest BCUT2D eigenvalue weighted by molar-refractivity contribution is -0.131. The molecular weight excluding hydrogens is 270 g/mol. The lowest BCUT2D eigenvalue weighted by Gasteiger charge is -2.47. The Morgan fingerprint density at radius 3 is 2.33 bits per heavy atom. The fourth-order valence-corrected chi connectivity index (χ4v) is 3.04. The third-order valence-electron chi connectivity index (χ3n) is 3.86. The van der Waals surface area contributed by atoms with Gasteiger partial charge in [0.25, 0.3) is 0 Å². The number of hydrogen-bond donors (Lipinski definition) is 0. The van der Waals surface area contributed by atoms with E-state index in [1.54, 1.807) is 4.90 Å². The largest absolute Gasteiger partial charge is 0.444 e. The van der Waals surface area contributed by atoms with Gasteiger partial charge in [-0.3, -0.25) is 9.69 Å². The smallest absolute Gasteiger partial charge is 0.410 e. The zero-order chi connectivity index (χ0) is 15.6. The van der Waals surface area contributed by atoms with E-state index in [-0.39, 0.29) is 36.3 Å². The Labute approximate surface area is 126 Å². The number of nitrogens with zero attached hydrogens (tertiary/aromatic N) is 1. The predicted octanol–water partition coefficient (Wildman–Crippen LogP) is 1.99. The van der Waals surface area contributed by atoms with Crippen molar-refractivity contribution in [2.75, 3.05) is 13.2 Å². The van der Waals surface area contributed by atoms with Crippen LogP contribution in [0.5, 0.6) is 0 Å². The number of carbonyl (C=O) groups excluding carboxylic acids is 2. The third kappa shape index (κ3) is 3.76. The van der Waals surface area contributed by atoms with Crippen LogP contribution in [-0.4, -0.2) is 47.7 Å². The van der Waals surface area contributed by atoms with Crippen LogP contribution in [0.4, 0.5) is 4.79 Å². The highest BCUT2D eigenvalue weighted by Gasteiger charge is 2.44. The maximum atomic E-state index is 12.4. The summed E-state index contributed by atoms with van der Waals surface area (Å²) in [5.41, 5.74) is -0.525. The molecule has 1 amide bonds. The van der Waals surface area contributed by atoms with Gasteiger partial charge in [-0.2, -0.15) is 0 Å². The van der Waals surface area contributed by atoms with Gasteiger partial charge >= 0.3 is 6.09 Å². The first-order valence-corrected chi connectivity index (χ1v) is 7.37. The van der Waals surface area contributed by atoms with Crippen molar-refractivity contribution in [2.45, 2.75) is 57.7 Å². The van der Waals surface area contributed by atoms with Crippen LogP contribution in [-0.2, 0) is 14.3 Å². The molecule has 0 aliphatic carbocycles. The molecule has 0 aromatic rings. The molecule has 2 saturated heterocycles. The van der Waals surface area contributed by atoms with Crippen molar-refractivity contribution >= 4 is 11.9 Å². The molecule has 21 heavy (non-hydrogen) atoms. The van der Waals surface area contributed by atoms with E-state index in [1.165, 1.54) is 0 Å². The van der Waals surface area contributed by atoms with Crippen LogP contribution >= 0.6 is 0 Å². The monoisotopic (exact) mass is 293 g/mol. The second kappa shape index (κ2) is 6.07. The zero-order valence-electron chi connectivity index (χ0n) is 12.9. The Bertz CT molecular complexity index is 446. The van der Waals surface area contributed by atoms with Gasteiger partial charge in [-0.15, -0.1) is 6.42 Å². The van der Waals surface area contributed by atoms with Gasteiger partial charge in [0.05, 0.1) is 31.7 Å². The molecule has 0 aromatic carbocycles. The summed E-state index contributed by atoms with van der Waals surface area (Å²) in [4.78, 5) is 26.1. The van der Waals surface area contributed by atoms with Gasteiger partial charge in [0.1, 0.15) is 11.4 Å². The highest BCUT2D eigenvalue weighted by molar-refractivity contribution is 5.83. The highest BCUT2D eigenvalue weighted by atomic mass is 16.6. The van der Waals surface area contributed by atoms with E-state index in [0.29, 0.717) is 26.1 Å². The molecule has 0 radical (unpaired) electrons. The van der Waals surface area contributed by atoms with Crippen LogP contribution in [0.15, 0.2) is 0 Å². The summed E-state index contributed by atoms with van der Waals surface area (Å²) in [5.74, 6) is 2.43. The quantitative estimate of drug-likeness (QED) is 0.731. The fraction of sp³-hybridized carbons (Fsp3) is 0.750. The molecule has 0 aromatic heterocycles. The molecule has 5 heteroatoms. The molecule has 2 unspecified atom stereocenters. The Kier molecular flexibility index (Phi) is 4.58. The van der Waals surface area contributed by atoms with Crippen LogP contribution in [0.3, 0.4) is 0 Å². The number of Topliss-reactive ketones (excluding diaryl/α,β-unsaturated/α-hetero) is 1. The van der Waals surface area contributed by atoms with Crippen LogP contribution in [0.2, 0.25) is 0 Å². The summed E-state index contributed by atoms with van der Waals surface area (Å²) in [7, 11) is 0. The summed E-state index contributed by atoms with van der Waals surface area (Å²) in [6, 6.07) is -0.196. The van der Waals surface area contributed by atoms with Gasteiger partial charge in [-0.1, -0.05) is 5.92 Å². The average molecular weight is 293 g/mol. The van der Waals surface area contributed by atoms with Gasteiger partial charge in [0, 0.05) is 5.92 Å². The van der Waals surface area contributed by atoms with Crippen LogP contribution in [0, 0.1) is 18.3 Å². The molecule has 0 saturated carbocycles. The predicted molar refractivity (Wildman–Crippen MR) is 77.6 cm³/mol. The number of fused-ring (bicyclic) bond motifs is 2. The van der Waals surface area contributed by atoms with E-state index in [1.807, 2.05) is 20.8 Å². The van der Waals surface area contributed by atoms with Crippen LogP contribution < -0.4 is 0 Å². The van der Waals surface area contributed by atoms with Crippen LogP contribution in [0.25, 0.3) is 0 Å². The molecule has 2 bridgehead atoms. The first kappa shape index (κ1) is 15.8. The van der Waals surface area contributed by atoms with E-state index < -0.39 is 5.60 Å². The Balaban J connectivity index is 2.08. The van der Waals surface area contributed by atoms with Crippen molar-refractivity contribution in [3.8, 4) is 12.3 Å². The summed E-state index contributed by atoms with van der Waals surface area (Å²) in [6.45, 7) is 6.45. The number of hydrogen-bond acceptors (Lipinski definition) is 4. The number of morpholine rings is 1. The molecule has 2 aliphatic rings. The van der Waals surface area contributed by atoms with Crippen molar-refractivity contribution in [3.05, 3.63) is 0 Å². The maximum Gasteiger partial charge on any atom is 0.410 e. The first-order chi connectivity index (χ1) is 9.81. The summed E-state index contributed by atoms with van der Waals surface area (Å²) in [6.07, 6.45) is 6.28. The van der Waals surface area contributed by atoms with Crippen molar-refractivity contribution in [3.63, 3.8) is 0 Å². The second-order valence-electron chi connectivity index (χ2n) is 6.75. The molecule has 0 spiro atoms. The molecule has 2 fully saturated rings. The fourth-order valence-electron chi connectivity index (χ4n) is 3.04. The second-order valence-corrected chi connectivity index (χ2v) is 6.75. The van der Waals surface area contributed by atoms with Gasteiger partial charge in [0.15, 0.2) is 0 Å². The zero-order valence-corrected chi connectivity index (χ0v) is 12.9. The van der Waals surface area contributed by atoms with E-state index in [2.05, 4.69) is 5.92 Å². The minimum absolute atomic E-state index is 0.0707. The molecule has 5 nitrogen and oxygen atoms in total. The van der Waals surface area contributed by atoms with Gasteiger partial charge < -0.3 is 9.47 Å². The van der Waals surface area contributed by atoms with Crippen molar-refractivity contribution in [2.24, 2.45) is 5.92 Å². The molecular formula is C16H23NO4. The molecule has 2 rings (SSSR count). The normalized spacial score (nSPS) is 28.7. The van der Waals surface area contributed by atoms with E-state index in [9.17, 15) is 9.59 Å². The van der Waals surface area contributed by atoms with Crippen LogP contribution in [0.1, 0.15) is 40.0 Å². The van der Waals surface area contributed by atoms with Crippen molar-refractivity contribution in [1.82, 2.24) is 4.90 Å². The number of terminal acetylenes is 1. The lowest BCUT2D eigenvalue weighted by Crippen LogP contribution is -2.60. The SMILES string of the molecule is C#CCC(=O)C1CC2COCC(C1)N2C(=O)OC(C)(C)C. The first-order valence-electron chi connectivity index (χ1n) is 7.37. The topological polar surface area (TPSA) is 55.8 Å². The van der Waals surface area contributed by atoms with Gasteiger partial charge in [0.2, 0.25) is 0 Å². The molecule has 2 aliphatic heterocycles. The van der Waals surface area contributed by atoms with Crippen molar-refractivity contribution in [1.29, 1.82) is 0 Å². The molecule has 2 atom stereocenters. The number of ketones is 1. The minimum Gasteiger partial charge on any atom is -0.444 e. The minimum atomic E-state index is -0.525. The standard InChI is InChI=1S/C16H23NO4/c1-5-6-14(18)11-7-12-9-20-10-13(8-11)17(12)15(19)21-16(2,3)4/h1,11-13H,6-10H2,2-4H3. The number of ether oxygens (including phenoxy) is 2. The summed E-state index contributed by atoms with van der Waals surface area (Å²) >= 11 is 0. The summed E-state index contributed by atoms with van der Waals surface area (Å²) in [5, 5.41) is 0. The highest BCUT2D eigenvalue weighted by Crippen LogP contribution is 2.33. The lowest BCUT2D eigenvalue weighted by atomic mass is 9.82. The number of rotatable bonds is 2. The Morgan fingerprint density at radius 2 is 1.86 bits per heavy atom. The summed E-state index contributed by atoms with van der Waals surface area (Å²) < 4.78 is 11.0. The Hall–Kier alpha value is -1.54. The molecule has 2 heterocycles. The van der Waals surface area contributed by atoms with Gasteiger partial charge in [-0.05, 0) is 33.6 Å². The van der Waals surface area contributed by atoms with Crippen molar-refractivity contribution < 1.29 is 19.1 Å². The maximum absolute atomic E-state index is 12.4. The number of amides is 1. The Morgan fingerprint density at radius 1 is 1.29 bits per heavy atom. The van der Waals surface area contributed by atoms with E-state index in [4.69, 9.17) is 15.9 Å².